The molecule has 0 bridgehead atoms. The predicted octanol–water partition coefficient (Wildman–Crippen LogP) is 2.90. The maximum atomic E-state index is 9.95. The first kappa shape index (κ1) is 20.6. The second kappa shape index (κ2) is 8.05. The number of fused-ring (bicyclic) bond motifs is 1. The second-order valence-electron chi connectivity index (χ2n) is 8.19. The van der Waals surface area contributed by atoms with Crippen LogP contribution in [-0.2, 0) is 0 Å². The molecule has 8 heteroatoms. The van der Waals surface area contributed by atoms with Crippen molar-refractivity contribution in [3.05, 3.63) is 36.4 Å². The standard InChI is InChI=1S/C21H26N6O2/c1-14(2)11-26(5)19-10-23-18(9-24-19)17-6-16(29-13-21(3,4)28)12-27-20(17)15(7-22)8-25-27/h6,8-10,12,14,28H,11,13H2,1-5H3. The summed E-state index contributed by atoms with van der Waals surface area (Å²) in [6.45, 7) is 8.64. The molecule has 3 rings (SSSR count). The lowest BCUT2D eigenvalue weighted by atomic mass is 10.1. The van der Waals surface area contributed by atoms with Crippen LogP contribution in [0.5, 0.6) is 5.75 Å². The highest BCUT2D eigenvalue weighted by Gasteiger charge is 2.18. The van der Waals surface area contributed by atoms with Crippen LogP contribution >= 0.6 is 0 Å². The van der Waals surface area contributed by atoms with Crippen molar-refractivity contribution in [1.82, 2.24) is 19.6 Å². The Labute approximate surface area is 170 Å². The van der Waals surface area contributed by atoms with Gasteiger partial charge in [0.15, 0.2) is 0 Å². The van der Waals surface area contributed by atoms with Crippen molar-refractivity contribution in [2.45, 2.75) is 33.3 Å². The van der Waals surface area contributed by atoms with E-state index in [1.807, 2.05) is 7.05 Å². The van der Waals surface area contributed by atoms with Gasteiger partial charge in [-0.3, -0.25) is 4.98 Å². The van der Waals surface area contributed by atoms with Gasteiger partial charge in [0.05, 0.1) is 47.2 Å². The number of hydrogen-bond donors (Lipinski definition) is 1. The molecule has 3 aromatic rings. The smallest absolute Gasteiger partial charge is 0.146 e. The average Bonchev–Trinajstić information content (AvgIpc) is 3.08. The lowest BCUT2D eigenvalue weighted by molar-refractivity contribution is 0.0283. The third-order valence-corrected chi connectivity index (χ3v) is 4.24. The SMILES string of the molecule is CC(C)CN(C)c1cnc(-c2cc(OCC(C)(C)O)cn3ncc(C#N)c23)cn1. The van der Waals surface area contributed by atoms with Crippen LogP contribution in [0.4, 0.5) is 5.82 Å². The van der Waals surface area contributed by atoms with Crippen molar-refractivity contribution in [3.8, 4) is 23.1 Å². The van der Waals surface area contributed by atoms with E-state index in [1.54, 1.807) is 43.0 Å². The summed E-state index contributed by atoms with van der Waals surface area (Å²) in [7, 11) is 1.98. The van der Waals surface area contributed by atoms with Gasteiger partial charge < -0.3 is 14.7 Å². The molecule has 0 amide bonds. The van der Waals surface area contributed by atoms with Crippen LogP contribution in [0.3, 0.4) is 0 Å². The Morgan fingerprint density at radius 1 is 1.28 bits per heavy atom. The highest BCUT2D eigenvalue weighted by Crippen LogP contribution is 2.30. The summed E-state index contributed by atoms with van der Waals surface area (Å²) in [5, 5.41) is 23.7. The van der Waals surface area contributed by atoms with Gasteiger partial charge in [0, 0.05) is 19.2 Å². The highest BCUT2D eigenvalue weighted by atomic mass is 16.5. The maximum absolute atomic E-state index is 9.95. The quantitative estimate of drug-likeness (QED) is 0.658. The highest BCUT2D eigenvalue weighted by molar-refractivity contribution is 5.83. The molecular formula is C21H26N6O2. The van der Waals surface area contributed by atoms with Crippen LogP contribution in [0.2, 0.25) is 0 Å². The Morgan fingerprint density at radius 3 is 2.62 bits per heavy atom. The Bertz CT molecular complexity index is 1030. The summed E-state index contributed by atoms with van der Waals surface area (Å²) in [6, 6.07) is 3.96. The Balaban J connectivity index is 2.02. The average molecular weight is 394 g/mol. The number of anilines is 1. The molecular weight excluding hydrogens is 368 g/mol. The van der Waals surface area contributed by atoms with Gasteiger partial charge in [0.1, 0.15) is 24.2 Å². The number of hydrogen-bond acceptors (Lipinski definition) is 7. The van der Waals surface area contributed by atoms with E-state index in [0.29, 0.717) is 34.0 Å². The van der Waals surface area contributed by atoms with Gasteiger partial charge >= 0.3 is 0 Å². The molecule has 3 heterocycles. The topological polar surface area (TPSA) is 99.6 Å². The number of aliphatic hydroxyl groups is 1. The number of pyridine rings is 1. The van der Waals surface area contributed by atoms with Crippen LogP contribution in [0.1, 0.15) is 33.3 Å². The van der Waals surface area contributed by atoms with Crippen molar-refractivity contribution in [3.63, 3.8) is 0 Å². The first-order valence-corrected chi connectivity index (χ1v) is 9.48. The minimum Gasteiger partial charge on any atom is -0.489 e. The Kier molecular flexibility index (Phi) is 5.71. The molecule has 8 nitrogen and oxygen atoms in total. The van der Waals surface area contributed by atoms with E-state index in [0.717, 1.165) is 12.4 Å². The first-order valence-electron chi connectivity index (χ1n) is 9.48. The molecule has 29 heavy (non-hydrogen) atoms. The van der Waals surface area contributed by atoms with E-state index in [9.17, 15) is 10.4 Å². The summed E-state index contributed by atoms with van der Waals surface area (Å²) in [5.41, 5.74) is 1.41. The van der Waals surface area contributed by atoms with Crippen LogP contribution in [0, 0.1) is 17.2 Å². The van der Waals surface area contributed by atoms with Gasteiger partial charge in [0.2, 0.25) is 0 Å². The zero-order chi connectivity index (χ0) is 21.2. The van der Waals surface area contributed by atoms with Gasteiger partial charge in [-0.15, -0.1) is 0 Å². The summed E-state index contributed by atoms with van der Waals surface area (Å²) < 4.78 is 7.33. The molecule has 3 aromatic heterocycles. The maximum Gasteiger partial charge on any atom is 0.146 e. The van der Waals surface area contributed by atoms with Gasteiger partial charge in [-0.2, -0.15) is 10.4 Å². The molecule has 0 aromatic carbocycles. The summed E-state index contributed by atoms with van der Waals surface area (Å²) in [5.74, 6) is 1.81. The zero-order valence-corrected chi connectivity index (χ0v) is 17.4. The van der Waals surface area contributed by atoms with Crippen molar-refractivity contribution in [2.75, 3.05) is 25.1 Å². The lowest BCUT2D eigenvalue weighted by Gasteiger charge is -2.20. The van der Waals surface area contributed by atoms with Crippen molar-refractivity contribution >= 4 is 11.3 Å². The van der Waals surface area contributed by atoms with Crippen LogP contribution < -0.4 is 9.64 Å². The zero-order valence-electron chi connectivity index (χ0n) is 17.4. The molecule has 0 saturated heterocycles. The number of nitriles is 1. The molecule has 0 radical (unpaired) electrons. The molecule has 0 unspecified atom stereocenters. The minimum atomic E-state index is -0.973. The molecule has 152 valence electrons. The number of nitrogens with zero attached hydrogens (tertiary/aromatic N) is 6. The van der Waals surface area contributed by atoms with E-state index in [2.05, 4.69) is 39.9 Å². The largest absolute Gasteiger partial charge is 0.489 e. The molecule has 0 aliphatic carbocycles. The monoisotopic (exact) mass is 394 g/mol. The molecule has 0 saturated carbocycles. The second-order valence-corrected chi connectivity index (χ2v) is 8.19. The lowest BCUT2D eigenvalue weighted by Crippen LogP contribution is -2.27. The summed E-state index contributed by atoms with van der Waals surface area (Å²) in [4.78, 5) is 11.2. The number of ether oxygens (including phenoxy) is 1. The van der Waals surface area contributed by atoms with Gasteiger partial charge in [-0.05, 0) is 25.8 Å². The summed E-state index contributed by atoms with van der Waals surface area (Å²) >= 11 is 0. The van der Waals surface area contributed by atoms with Crippen molar-refractivity contribution in [1.29, 1.82) is 5.26 Å². The van der Waals surface area contributed by atoms with Crippen LogP contribution in [0.15, 0.2) is 30.9 Å². The fraction of sp³-hybridized carbons (Fsp3) is 0.429. The minimum absolute atomic E-state index is 0.120. The van der Waals surface area contributed by atoms with E-state index < -0.39 is 5.60 Å². The molecule has 0 spiro atoms. The first-order chi connectivity index (χ1) is 13.7. The Morgan fingerprint density at radius 2 is 2.03 bits per heavy atom. The van der Waals surface area contributed by atoms with E-state index >= 15 is 0 Å². The Hall–Kier alpha value is -3.18. The molecule has 0 fully saturated rings. The molecule has 0 atom stereocenters. The van der Waals surface area contributed by atoms with E-state index in [1.165, 1.54) is 6.20 Å². The normalized spacial score (nSPS) is 11.7. The van der Waals surface area contributed by atoms with E-state index in [-0.39, 0.29) is 6.61 Å². The van der Waals surface area contributed by atoms with Crippen molar-refractivity contribution < 1.29 is 9.84 Å². The fourth-order valence-electron chi connectivity index (χ4n) is 3.01. The summed E-state index contributed by atoms with van der Waals surface area (Å²) in [6.07, 6.45) is 6.61. The van der Waals surface area contributed by atoms with E-state index in [4.69, 9.17) is 4.74 Å². The number of rotatable bonds is 7. The predicted molar refractivity (Wildman–Crippen MR) is 111 cm³/mol. The number of aromatic nitrogens is 4. The molecule has 0 aliphatic heterocycles. The van der Waals surface area contributed by atoms with Gasteiger partial charge in [-0.1, -0.05) is 13.8 Å². The van der Waals surface area contributed by atoms with Crippen LogP contribution in [0.25, 0.3) is 16.8 Å². The third-order valence-electron chi connectivity index (χ3n) is 4.24. The van der Waals surface area contributed by atoms with Crippen LogP contribution in [-0.4, -0.2) is 50.5 Å². The molecule has 0 aliphatic rings. The van der Waals surface area contributed by atoms with Gasteiger partial charge in [-0.25, -0.2) is 9.50 Å². The third kappa shape index (κ3) is 4.81. The van der Waals surface area contributed by atoms with Crippen molar-refractivity contribution in [2.24, 2.45) is 5.92 Å². The van der Waals surface area contributed by atoms with Gasteiger partial charge in [0.25, 0.3) is 0 Å². The molecule has 1 N–H and O–H groups in total. The fourth-order valence-corrected chi connectivity index (χ4v) is 3.01.